The lowest BCUT2D eigenvalue weighted by atomic mass is 9.66. The summed E-state index contributed by atoms with van der Waals surface area (Å²) in [5.74, 6) is 1.47. The van der Waals surface area contributed by atoms with E-state index in [1.165, 1.54) is 0 Å². The number of amides is 1. The van der Waals surface area contributed by atoms with Crippen LogP contribution in [0, 0.1) is 11.3 Å². The molecule has 0 aromatic carbocycles. The van der Waals surface area contributed by atoms with Crippen LogP contribution in [0.2, 0.25) is 0 Å². The average molecular weight is 318 g/mol. The Hall–Kier alpha value is -1.62. The van der Waals surface area contributed by atoms with E-state index in [1.807, 2.05) is 24.0 Å². The predicted octanol–water partition coefficient (Wildman–Crippen LogP) is 2.52. The van der Waals surface area contributed by atoms with E-state index in [-0.39, 0.29) is 11.3 Å². The van der Waals surface area contributed by atoms with Gasteiger partial charge in [-0.1, -0.05) is 6.92 Å². The van der Waals surface area contributed by atoms with Crippen molar-refractivity contribution >= 4 is 5.91 Å². The van der Waals surface area contributed by atoms with Crippen molar-refractivity contribution in [1.29, 1.82) is 0 Å². The number of hydrogen-bond acceptors (Lipinski definition) is 4. The van der Waals surface area contributed by atoms with E-state index >= 15 is 0 Å². The van der Waals surface area contributed by atoms with Crippen LogP contribution in [0.1, 0.15) is 32.6 Å². The molecule has 5 heteroatoms. The Kier molecular flexibility index (Phi) is 5.16. The van der Waals surface area contributed by atoms with E-state index in [4.69, 9.17) is 9.47 Å². The molecule has 3 rings (SSSR count). The maximum Gasteiger partial charge on any atom is 0.222 e. The molecule has 2 saturated heterocycles. The number of ether oxygens (including phenoxy) is 2. The Morgan fingerprint density at radius 2 is 2.26 bits per heavy atom. The van der Waals surface area contributed by atoms with Crippen molar-refractivity contribution in [3.63, 3.8) is 0 Å². The maximum absolute atomic E-state index is 11.9. The molecule has 3 heterocycles. The molecule has 0 N–H and O–H groups in total. The average Bonchev–Trinajstić information content (AvgIpc) is 2.62. The Morgan fingerprint density at radius 3 is 2.96 bits per heavy atom. The topological polar surface area (TPSA) is 51.7 Å². The fraction of sp³-hybridized carbons (Fsp3) is 0.667. The molecular weight excluding hydrogens is 292 g/mol. The molecule has 2 aliphatic heterocycles. The van der Waals surface area contributed by atoms with Gasteiger partial charge >= 0.3 is 0 Å². The molecule has 2 fully saturated rings. The second-order valence-corrected chi connectivity index (χ2v) is 6.62. The maximum atomic E-state index is 11.9. The number of nitrogens with zero attached hydrogens (tertiary/aromatic N) is 2. The largest absolute Gasteiger partial charge is 0.492 e. The molecule has 0 unspecified atom stereocenters. The first-order valence-electron chi connectivity index (χ1n) is 8.62. The van der Waals surface area contributed by atoms with Crippen molar-refractivity contribution in [3.05, 3.63) is 24.5 Å². The second-order valence-electron chi connectivity index (χ2n) is 6.62. The van der Waals surface area contributed by atoms with Gasteiger partial charge in [0.05, 0.1) is 19.4 Å². The number of aromatic nitrogens is 1. The van der Waals surface area contributed by atoms with Crippen LogP contribution in [0.25, 0.3) is 0 Å². The standard InChI is InChI=1S/C18H26N2O3/c1-2-17(21)20-9-5-18(6-10-20)7-11-22-13-15(18)14-23-16-4-3-8-19-12-16/h3-4,8,12,15H,2,5-7,9-11,13-14H2,1H3/t15-/m0/s1. The third-order valence-electron chi connectivity index (χ3n) is 5.43. The summed E-state index contributed by atoms with van der Waals surface area (Å²) in [7, 11) is 0. The van der Waals surface area contributed by atoms with Gasteiger partial charge in [0.25, 0.3) is 0 Å². The first kappa shape index (κ1) is 16.2. The van der Waals surface area contributed by atoms with Crippen LogP contribution < -0.4 is 4.74 Å². The number of hydrogen-bond donors (Lipinski definition) is 0. The molecule has 1 spiro atoms. The summed E-state index contributed by atoms with van der Waals surface area (Å²) in [5, 5.41) is 0. The van der Waals surface area contributed by atoms with Gasteiger partial charge in [0.15, 0.2) is 0 Å². The Bertz CT molecular complexity index is 512. The highest BCUT2D eigenvalue weighted by Gasteiger charge is 2.44. The second kappa shape index (κ2) is 7.30. The summed E-state index contributed by atoms with van der Waals surface area (Å²) in [5.41, 5.74) is 0.255. The number of rotatable bonds is 4. The number of carbonyl (C=O) groups is 1. The predicted molar refractivity (Wildman–Crippen MR) is 87.2 cm³/mol. The fourth-order valence-electron chi connectivity index (χ4n) is 3.82. The zero-order valence-corrected chi connectivity index (χ0v) is 13.9. The summed E-state index contributed by atoms with van der Waals surface area (Å²) in [6.07, 6.45) is 7.29. The molecule has 23 heavy (non-hydrogen) atoms. The highest BCUT2D eigenvalue weighted by Crippen LogP contribution is 2.44. The molecule has 1 amide bonds. The Morgan fingerprint density at radius 1 is 1.43 bits per heavy atom. The quantitative estimate of drug-likeness (QED) is 0.856. The van der Waals surface area contributed by atoms with E-state index in [9.17, 15) is 4.79 Å². The van der Waals surface area contributed by atoms with Crippen molar-refractivity contribution in [1.82, 2.24) is 9.88 Å². The highest BCUT2D eigenvalue weighted by molar-refractivity contribution is 5.75. The van der Waals surface area contributed by atoms with Crippen molar-refractivity contribution < 1.29 is 14.3 Å². The van der Waals surface area contributed by atoms with E-state index in [0.717, 1.165) is 51.3 Å². The molecule has 1 aromatic heterocycles. The van der Waals surface area contributed by atoms with Gasteiger partial charge in [-0.2, -0.15) is 0 Å². The Labute approximate surface area is 138 Å². The SMILES string of the molecule is CCC(=O)N1CCC2(CCOC[C@H]2COc2cccnc2)CC1. The summed E-state index contributed by atoms with van der Waals surface area (Å²) in [6, 6.07) is 3.82. The van der Waals surface area contributed by atoms with Gasteiger partial charge in [0.1, 0.15) is 5.75 Å². The van der Waals surface area contributed by atoms with Gasteiger partial charge in [-0.25, -0.2) is 0 Å². The van der Waals surface area contributed by atoms with Crippen LogP contribution in [0.5, 0.6) is 5.75 Å². The van der Waals surface area contributed by atoms with E-state index in [1.54, 1.807) is 12.4 Å². The minimum absolute atomic E-state index is 0.255. The lowest BCUT2D eigenvalue weighted by Crippen LogP contribution is -2.50. The minimum Gasteiger partial charge on any atom is -0.492 e. The fourth-order valence-corrected chi connectivity index (χ4v) is 3.82. The molecular formula is C18H26N2O3. The summed E-state index contributed by atoms with van der Waals surface area (Å²) in [6.45, 7) is 5.92. The molecule has 2 aliphatic rings. The van der Waals surface area contributed by atoms with E-state index in [0.29, 0.717) is 18.9 Å². The monoisotopic (exact) mass is 318 g/mol. The molecule has 5 nitrogen and oxygen atoms in total. The molecule has 0 saturated carbocycles. The van der Waals surface area contributed by atoms with Gasteiger partial charge in [-0.15, -0.1) is 0 Å². The third kappa shape index (κ3) is 3.66. The van der Waals surface area contributed by atoms with Crippen molar-refractivity contribution in [3.8, 4) is 5.75 Å². The van der Waals surface area contributed by atoms with Crippen LogP contribution in [0.15, 0.2) is 24.5 Å². The zero-order valence-electron chi connectivity index (χ0n) is 13.9. The van der Waals surface area contributed by atoms with E-state index < -0.39 is 0 Å². The van der Waals surface area contributed by atoms with Crippen molar-refractivity contribution in [2.45, 2.75) is 32.6 Å². The van der Waals surface area contributed by atoms with Crippen molar-refractivity contribution in [2.24, 2.45) is 11.3 Å². The first-order valence-corrected chi connectivity index (χ1v) is 8.62. The van der Waals surface area contributed by atoms with Crippen molar-refractivity contribution in [2.75, 3.05) is 32.9 Å². The smallest absolute Gasteiger partial charge is 0.222 e. The van der Waals surface area contributed by atoms with Gasteiger partial charge < -0.3 is 14.4 Å². The molecule has 126 valence electrons. The summed E-state index contributed by atoms with van der Waals surface area (Å²) < 4.78 is 11.7. The molecule has 1 aromatic rings. The van der Waals surface area contributed by atoms with Gasteiger partial charge in [-0.05, 0) is 36.8 Å². The van der Waals surface area contributed by atoms with Crippen LogP contribution in [0.4, 0.5) is 0 Å². The minimum atomic E-state index is 0.255. The van der Waals surface area contributed by atoms with Crippen LogP contribution in [0.3, 0.4) is 0 Å². The van der Waals surface area contributed by atoms with Crippen LogP contribution in [-0.4, -0.2) is 48.7 Å². The van der Waals surface area contributed by atoms with Crippen LogP contribution >= 0.6 is 0 Å². The molecule has 1 atom stereocenters. The highest BCUT2D eigenvalue weighted by atomic mass is 16.5. The lowest BCUT2D eigenvalue weighted by molar-refractivity contribution is -0.137. The van der Waals surface area contributed by atoms with Crippen LogP contribution in [-0.2, 0) is 9.53 Å². The zero-order chi connectivity index (χ0) is 16.1. The molecule has 0 aliphatic carbocycles. The normalized spacial score (nSPS) is 23.7. The van der Waals surface area contributed by atoms with E-state index in [2.05, 4.69) is 4.98 Å². The molecule has 0 bridgehead atoms. The first-order chi connectivity index (χ1) is 11.2. The summed E-state index contributed by atoms with van der Waals surface area (Å²) in [4.78, 5) is 18.0. The summed E-state index contributed by atoms with van der Waals surface area (Å²) >= 11 is 0. The Balaban J connectivity index is 1.61. The number of likely N-dealkylation sites (tertiary alicyclic amines) is 1. The number of piperidine rings is 1. The third-order valence-corrected chi connectivity index (χ3v) is 5.43. The van der Waals surface area contributed by atoms with Gasteiger partial charge in [0, 0.05) is 38.2 Å². The number of pyridine rings is 1. The lowest BCUT2D eigenvalue weighted by Gasteiger charge is -2.48. The number of carbonyl (C=O) groups excluding carboxylic acids is 1. The molecule has 0 radical (unpaired) electrons. The van der Waals surface area contributed by atoms with Gasteiger partial charge in [-0.3, -0.25) is 9.78 Å². The van der Waals surface area contributed by atoms with Gasteiger partial charge in [0.2, 0.25) is 5.91 Å².